The number of rotatable bonds is 5. The second-order valence-electron chi connectivity index (χ2n) is 3.99. The van der Waals surface area contributed by atoms with Crippen molar-refractivity contribution in [3.8, 4) is 0 Å². The monoisotopic (exact) mass is 376 g/mol. The molecule has 0 radical (unpaired) electrons. The molecule has 0 aromatic heterocycles. The van der Waals surface area contributed by atoms with E-state index in [-0.39, 0.29) is 5.56 Å². The Labute approximate surface area is 138 Å². The maximum Gasteiger partial charge on any atom is 0.509 e. The minimum absolute atomic E-state index is 0.235. The molecular formula is C12H9Cl3F2O5. The van der Waals surface area contributed by atoms with Gasteiger partial charge in [-0.1, -0.05) is 65.1 Å². The van der Waals surface area contributed by atoms with Gasteiger partial charge in [0.15, 0.2) is 0 Å². The number of hydrogen-bond acceptors (Lipinski definition) is 4. The molecule has 1 N–H and O–H groups in total. The van der Waals surface area contributed by atoms with E-state index in [1.165, 1.54) is 30.3 Å². The average Bonchev–Trinajstić information content (AvgIpc) is 2.42. The van der Waals surface area contributed by atoms with Gasteiger partial charge in [-0.15, -0.1) is 0 Å². The summed E-state index contributed by atoms with van der Waals surface area (Å²) < 4.78 is 34.2. The van der Waals surface area contributed by atoms with Gasteiger partial charge in [0.05, 0.1) is 0 Å². The highest BCUT2D eigenvalue weighted by Crippen LogP contribution is 2.35. The highest BCUT2D eigenvalue weighted by Gasteiger charge is 2.51. The van der Waals surface area contributed by atoms with E-state index in [0.717, 1.165) is 0 Å². The van der Waals surface area contributed by atoms with Crippen LogP contribution in [0.4, 0.5) is 13.6 Å². The summed E-state index contributed by atoms with van der Waals surface area (Å²) in [6, 6.07) is 6.60. The lowest BCUT2D eigenvalue weighted by atomic mass is 10.0. The normalized spacial score (nSPS) is 13.3. The number of alkyl halides is 5. The van der Waals surface area contributed by atoms with Crippen molar-refractivity contribution >= 4 is 46.9 Å². The minimum Gasteiger partial charge on any atom is -0.477 e. The smallest absolute Gasteiger partial charge is 0.477 e. The van der Waals surface area contributed by atoms with E-state index in [9.17, 15) is 18.4 Å². The number of benzene rings is 1. The van der Waals surface area contributed by atoms with Gasteiger partial charge >= 0.3 is 18.0 Å². The fourth-order valence-electron chi connectivity index (χ4n) is 1.36. The van der Waals surface area contributed by atoms with Gasteiger partial charge in [-0.05, 0) is 5.56 Å². The molecule has 0 aliphatic heterocycles. The second-order valence-corrected chi connectivity index (χ2v) is 6.51. The average molecular weight is 378 g/mol. The quantitative estimate of drug-likeness (QED) is 0.621. The highest BCUT2D eigenvalue weighted by molar-refractivity contribution is 6.67. The molecule has 0 spiro atoms. The zero-order valence-corrected chi connectivity index (χ0v) is 12.9. The van der Waals surface area contributed by atoms with E-state index in [1.54, 1.807) is 0 Å². The molecule has 0 heterocycles. The minimum atomic E-state index is -4.37. The zero-order chi connectivity index (χ0) is 17.0. The molecule has 0 saturated heterocycles. The van der Waals surface area contributed by atoms with Crippen LogP contribution in [-0.2, 0) is 14.3 Å². The molecule has 22 heavy (non-hydrogen) atoms. The Morgan fingerprint density at radius 2 is 1.73 bits per heavy atom. The van der Waals surface area contributed by atoms with Gasteiger partial charge < -0.3 is 14.6 Å². The van der Waals surface area contributed by atoms with Gasteiger partial charge in [0.1, 0.15) is 6.61 Å². The summed E-state index contributed by atoms with van der Waals surface area (Å²) in [5, 5.41) is 8.60. The van der Waals surface area contributed by atoms with Gasteiger partial charge in [-0.2, -0.15) is 8.78 Å². The van der Waals surface area contributed by atoms with Gasteiger partial charge in [-0.25, -0.2) is 9.59 Å². The van der Waals surface area contributed by atoms with Gasteiger partial charge in [-0.3, -0.25) is 0 Å². The van der Waals surface area contributed by atoms with Crippen molar-refractivity contribution in [1.29, 1.82) is 0 Å². The highest BCUT2D eigenvalue weighted by atomic mass is 35.6. The van der Waals surface area contributed by atoms with E-state index in [4.69, 9.17) is 39.9 Å². The molecule has 1 unspecified atom stereocenters. The van der Waals surface area contributed by atoms with Gasteiger partial charge in [0.2, 0.25) is 9.90 Å². The number of carboxylic acids is 1. The fourth-order valence-corrected chi connectivity index (χ4v) is 1.53. The van der Waals surface area contributed by atoms with Crippen LogP contribution in [0.15, 0.2) is 30.3 Å². The Morgan fingerprint density at radius 3 is 2.18 bits per heavy atom. The first-order chi connectivity index (χ1) is 10.0. The van der Waals surface area contributed by atoms with E-state index >= 15 is 0 Å². The Balaban J connectivity index is 2.93. The number of carbonyl (C=O) groups is 2. The summed E-state index contributed by atoms with van der Waals surface area (Å²) in [4.78, 5) is 22.1. The number of ether oxygens (including phenoxy) is 2. The van der Waals surface area contributed by atoms with Crippen LogP contribution < -0.4 is 0 Å². The molecule has 0 aliphatic rings. The summed E-state index contributed by atoms with van der Waals surface area (Å²) >= 11 is 16.0. The van der Waals surface area contributed by atoms with E-state index in [2.05, 4.69) is 9.47 Å². The van der Waals surface area contributed by atoms with Crippen LogP contribution in [0, 0.1) is 0 Å². The molecule has 0 aliphatic carbocycles. The van der Waals surface area contributed by atoms with Crippen molar-refractivity contribution in [1.82, 2.24) is 0 Å². The topological polar surface area (TPSA) is 72.8 Å². The fraction of sp³-hybridized carbons (Fsp3) is 0.333. The molecule has 10 heteroatoms. The molecule has 1 aromatic rings. The van der Waals surface area contributed by atoms with Crippen molar-refractivity contribution in [3.05, 3.63) is 35.9 Å². The van der Waals surface area contributed by atoms with Crippen LogP contribution in [0.5, 0.6) is 0 Å². The van der Waals surface area contributed by atoms with Crippen molar-refractivity contribution in [2.24, 2.45) is 0 Å². The van der Waals surface area contributed by atoms with E-state index in [0.29, 0.717) is 0 Å². The number of carbonyl (C=O) groups excluding carboxylic acids is 1. The van der Waals surface area contributed by atoms with Crippen molar-refractivity contribution in [3.63, 3.8) is 0 Å². The molecule has 122 valence electrons. The van der Waals surface area contributed by atoms with E-state index in [1.807, 2.05) is 0 Å². The molecule has 5 nitrogen and oxygen atoms in total. The largest absolute Gasteiger partial charge is 0.509 e. The van der Waals surface area contributed by atoms with Crippen LogP contribution in [0.2, 0.25) is 0 Å². The summed E-state index contributed by atoms with van der Waals surface area (Å²) in [7, 11) is 0. The number of aliphatic carboxylic acids is 1. The van der Waals surface area contributed by atoms with Gasteiger partial charge in [0, 0.05) is 0 Å². The summed E-state index contributed by atoms with van der Waals surface area (Å²) in [6.07, 6.45) is -3.99. The van der Waals surface area contributed by atoms with Crippen molar-refractivity contribution in [2.75, 3.05) is 6.61 Å². The predicted molar refractivity (Wildman–Crippen MR) is 74.5 cm³/mol. The predicted octanol–water partition coefficient (Wildman–Crippen LogP) is 3.97. The third-order valence-electron chi connectivity index (χ3n) is 2.28. The number of hydrogen-bond donors (Lipinski definition) is 1. The van der Waals surface area contributed by atoms with Crippen LogP contribution in [0.25, 0.3) is 0 Å². The summed E-state index contributed by atoms with van der Waals surface area (Å²) in [6.45, 7) is -0.753. The Hall–Kier alpha value is -1.31. The Bertz CT molecular complexity index is 533. The first-order valence-corrected chi connectivity index (χ1v) is 6.73. The maximum absolute atomic E-state index is 13.7. The third kappa shape index (κ3) is 5.47. The Morgan fingerprint density at radius 1 is 1.18 bits per heavy atom. The second kappa shape index (κ2) is 7.30. The zero-order valence-electron chi connectivity index (χ0n) is 10.6. The van der Waals surface area contributed by atoms with Crippen LogP contribution >= 0.6 is 34.8 Å². The lowest BCUT2D eigenvalue weighted by Crippen LogP contribution is -2.38. The van der Waals surface area contributed by atoms with Gasteiger partial charge in [0.25, 0.3) is 0 Å². The first-order valence-electron chi connectivity index (χ1n) is 5.60. The lowest BCUT2D eigenvalue weighted by molar-refractivity contribution is -0.185. The molecule has 1 aromatic carbocycles. The number of carboxylic acid groups (broad SMARTS) is 1. The molecule has 1 rings (SSSR count). The molecule has 0 bridgehead atoms. The SMILES string of the molecule is O=C(OCC(Cl)(Cl)Cl)OC(c1ccccc1)C(F)(F)C(=O)O. The molecule has 0 fully saturated rings. The van der Waals surface area contributed by atoms with Crippen LogP contribution in [-0.4, -0.2) is 33.6 Å². The molecular weight excluding hydrogens is 368 g/mol. The van der Waals surface area contributed by atoms with Crippen molar-refractivity contribution in [2.45, 2.75) is 15.8 Å². The molecule has 0 saturated carbocycles. The summed E-state index contributed by atoms with van der Waals surface area (Å²) in [5.74, 6) is -6.84. The standard InChI is InChI=1S/C12H9Cl3F2O5/c13-11(14,15)6-21-10(20)22-8(12(16,17)9(18)19)7-4-2-1-3-5-7/h1-5,8H,6H2,(H,18,19). The molecule has 1 atom stereocenters. The first kappa shape index (κ1) is 18.7. The Kier molecular flexibility index (Phi) is 6.22. The lowest BCUT2D eigenvalue weighted by Gasteiger charge is -2.23. The van der Waals surface area contributed by atoms with Crippen LogP contribution in [0.1, 0.15) is 11.7 Å². The summed E-state index contributed by atoms with van der Waals surface area (Å²) in [5.41, 5.74) is -0.235. The maximum atomic E-state index is 13.7. The van der Waals surface area contributed by atoms with Crippen LogP contribution in [0.3, 0.4) is 0 Å². The van der Waals surface area contributed by atoms with E-state index < -0.39 is 34.6 Å². The molecule has 0 amide bonds. The third-order valence-corrected chi connectivity index (χ3v) is 2.61. The number of halogens is 5. The van der Waals surface area contributed by atoms with Crippen molar-refractivity contribution < 1.29 is 33.0 Å².